The molecule has 3 aromatic carbocycles. The molecule has 0 aliphatic heterocycles. The van der Waals surface area contributed by atoms with E-state index in [1.165, 1.54) is 17.2 Å². The maximum Gasteiger partial charge on any atom is 0.129 e. The predicted molar refractivity (Wildman–Crippen MR) is 108 cm³/mol. The first-order valence-corrected chi connectivity index (χ1v) is 9.09. The molecular weight excluding hydrogens is 393 g/mol. The third-order valence-electron chi connectivity index (χ3n) is 4.16. The second-order valence-electron chi connectivity index (χ2n) is 6.09. The van der Waals surface area contributed by atoms with Crippen LogP contribution in [0.15, 0.2) is 70.1 Å². The summed E-state index contributed by atoms with van der Waals surface area (Å²) in [6, 6.07) is 18.4. The molecule has 3 aromatic rings. The van der Waals surface area contributed by atoms with Crippen LogP contribution in [-0.2, 0) is 6.61 Å². The van der Waals surface area contributed by atoms with Crippen molar-refractivity contribution in [3.05, 3.63) is 93.2 Å². The van der Waals surface area contributed by atoms with Crippen molar-refractivity contribution in [2.75, 3.05) is 0 Å². The number of hydrogen-bond acceptors (Lipinski definition) is 2. The molecule has 2 nitrogen and oxygen atoms in total. The summed E-state index contributed by atoms with van der Waals surface area (Å²) in [6.45, 7) is 4.31. The summed E-state index contributed by atoms with van der Waals surface area (Å²) in [5.41, 5.74) is 4.67. The Bertz CT molecular complexity index is 953. The van der Waals surface area contributed by atoms with Crippen molar-refractivity contribution in [2.24, 2.45) is 4.99 Å². The Morgan fingerprint density at radius 1 is 1.00 bits per heavy atom. The Labute approximate surface area is 161 Å². The minimum Gasteiger partial charge on any atom is -0.488 e. The van der Waals surface area contributed by atoms with Crippen LogP contribution in [0.1, 0.15) is 22.3 Å². The quantitative estimate of drug-likeness (QED) is 0.437. The SMILES string of the molecule is Cc1ccc(N=Cc2cc(Br)ccc2OCc2ccccc2F)cc1C. The molecule has 26 heavy (non-hydrogen) atoms. The highest BCUT2D eigenvalue weighted by Gasteiger charge is 2.06. The molecule has 0 spiro atoms. The average Bonchev–Trinajstić information content (AvgIpc) is 2.63. The zero-order valence-electron chi connectivity index (χ0n) is 14.7. The van der Waals surface area contributed by atoms with Crippen molar-refractivity contribution in [1.29, 1.82) is 0 Å². The van der Waals surface area contributed by atoms with Crippen LogP contribution in [0.5, 0.6) is 5.75 Å². The monoisotopic (exact) mass is 411 g/mol. The van der Waals surface area contributed by atoms with E-state index in [-0.39, 0.29) is 12.4 Å². The van der Waals surface area contributed by atoms with Crippen LogP contribution in [0, 0.1) is 19.7 Å². The highest BCUT2D eigenvalue weighted by molar-refractivity contribution is 9.10. The van der Waals surface area contributed by atoms with Crippen molar-refractivity contribution >= 4 is 27.8 Å². The first-order valence-electron chi connectivity index (χ1n) is 8.30. The van der Waals surface area contributed by atoms with Gasteiger partial charge in [-0.1, -0.05) is 40.2 Å². The fourth-order valence-electron chi connectivity index (χ4n) is 2.47. The lowest BCUT2D eigenvalue weighted by Gasteiger charge is -2.10. The molecule has 4 heteroatoms. The lowest BCUT2D eigenvalue weighted by atomic mass is 10.1. The average molecular weight is 412 g/mol. The number of hydrogen-bond donors (Lipinski definition) is 0. The Kier molecular flexibility index (Phi) is 5.84. The number of benzene rings is 3. The van der Waals surface area contributed by atoms with E-state index >= 15 is 0 Å². The molecule has 0 heterocycles. The third kappa shape index (κ3) is 4.58. The molecule has 0 aromatic heterocycles. The van der Waals surface area contributed by atoms with E-state index in [1.54, 1.807) is 24.4 Å². The Balaban J connectivity index is 1.82. The molecular formula is C22H19BrFNO. The maximum atomic E-state index is 13.8. The summed E-state index contributed by atoms with van der Waals surface area (Å²) in [7, 11) is 0. The van der Waals surface area contributed by atoms with Crippen molar-refractivity contribution < 1.29 is 9.13 Å². The fourth-order valence-corrected chi connectivity index (χ4v) is 2.85. The summed E-state index contributed by atoms with van der Waals surface area (Å²) in [5, 5.41) is 0. The Morgan fingerprint density at radius 2 is 1.81 bits per heavy atom. The summed E-state index contributed by atoms with van der Waals surface area (Å²) < 4.78 is 20.5. The summed E-state index contributed by atoms with van der Waals surface area (Å²) in [5.74, 6) is 0.388. The van der Waals surface area contributed by atoms with Gasteiger partial charge < -0.3 is 4.74 Å². The number of nitrogens with zero attached hydrogens (tertiary/aromatic N) is 1. The van der Waals surface area contributed by atoms with Crippen molar-refractivity contribution in [2.45, 2.75) is 20.5 Å². The zero-order valence-corrected chi connectivity index (χ0v) is 16.3. The molecule has 0 radical (unpaired) electrons. The third-order valence-corrected chi connectivity index (χ3v) is 4.65. The minimum absolute atomic E-state index is 0.165. The van der Waals surface area contributed by atoms with Gasteiger partial charge in [-0.15, -0.1) is 0 Å². The van der Waals surface area contributed by atoms with Crippen molar-refractivity contribution in [3.8, 4) is 5.75 Å². The van der Waals surface area contributed by atoms with E-state index < -0.39 is 0 Å². The molecule has 0 fully saturated rings. The van der Waals surface area contributed by atoms with Gasteiger partial charge in [-0.2, -0.15) is 0 Å². The summed E-state index contributed by atoms with van der Waals surface area (Å²) in [4.78, 5) is 4.55. The van der Waals surface area contributed by atoms with Gasteiger partial charge in [0.25, 0.3) is 0 Å². The van der Waals surface area contributed by atoms with Crippen LogP contribution >= 0.6 is 15.9 Å². The van der Waals surface area contributed by atoms with Gasteiger partial charge in [0.05, 0.1) is 5.69 Å². The zero-order chi connectivity index (χ0) is 18.5. The van der Waals surface area contributed by atoms with E-state index in [2.05, 4.69) is 40.8 Å². The van der Waals surface area contributed by atoms with Gasteiger partial charge in [0.1, 0.15) is 18.2 Å². The Hall–Kier alpha value is -2.46. The van der Waals surface area contributed by atoms with E-state index in [0.29, 0.717) is 11.3 Å². The molecule has 3 rings (SSSR count). The number of halogens is 2. The Morgan fingerprint density at radius 3 is 2.58 bits per heavy atom. The second kappa shape index (κ2) is 8.28. The first kappa shape index (κ1) is 18.3. The summed E-state index contributed by atoms with van der Waals surface area (Å²) in [6.07, 6.45) is 1.77. The van der Waals surface area contributed by atoms with Gasteiger partial charge in [0.2, 0.25) is 0 Å². The van der Waals surface area contributed by atoms with E-state index in [0.717, 1.165) is 15.7 Å². The molecule has 0 N–H and O–H groups in total. The van der Waals surface area contributed by atoms with Gasteiger partial charge in [-0.05, 0) is 61.4 Å². The van der Waals surface area contributed by atoms with Crippen molar-refractivity contribution in [1.82, 2.24) is 0 Å². The van der Waals surface area contributed by atoms with Crippen molar-refractivity contribution in [3.63, 3.8) is 0 Å². The smallest absolute Gasteiger partial charge is 0.129 e. The lowest BCUT2D eigenvalue weighted by Crippen LogP contribution is -2.00. The topological polar surface area (TPSA) is 21.6 Å². The maximum absolute atomic E-state index is 13.8. The van der Waals surface area contributed by atoms with Gasteiger partial charge in [-0.25, -0.2) is 4.39 Å². The van der Waals surface area contributed by atoms with Gasteiger partial charge in [0, 0.05) is 21.8 Å². The van der Waals surface area contributed by atoms with Crippen LogP contribution in [0.3, 0.4) is 0 Å². The second-order valence-corrected chi connectivity index (χ2v) is 7.00. The number of aryl methyl sites for hydroxylation is 2. The molecule has 0 saturated heterocycles. The molecule has 0 amide bonds. The van der Waals surface area contributed by atoms with E-state index in [1.807, 2.05) is 30.3 Å². The highest BCUT2D eigenvalue weighted by atomic mass is 79.9. The minimum atomic E-state index is -0.269. The van der Waals surface area contributed by atoms with Crippen LogP contribution in [0.4, 0.5) is 10.1 Å². The molecule has 132 valence electrons. The normalized spacial score (nSPS) is 11.1. The lowest BCUT2D eigenvalue weighted by molar-refractivity contribution is 0.299. The molecule has 0 atom stereocenters. The molecule has 0 unspecified atom stereocenters. The van der Waals surface area contributed by atoms with E-state index in [9.17, 15) is 4.39 Å². The van der Waals surface area contributed by atoms with Gasteiger partial charge in [-0.3, -0.25) is 4.99 Å². The fraction of sp³-hybridized carbons (Fsp3) is 0.136. The van der Waals surface area contributed by atoms with Gasteiger partial charge in [0.15, 0.2) is 0 Å². The predicted octanol–water partition coefficient (Wildman–Crippen LogP) is 6.53. The highest BCUT2D eigenvalue weighted by Crippen LogP contribution is 2.24. The van der Waals surface area contributed by atoms with Crippen LogP contribution in [-0.4, -0.2) is 6.21 Å². The molecule has 0 aliphatic carbocycles. The van der Waals surface area contributed by atoms with Crippen LogP contribution in [0.25, 0.3) is 0 Å². The summed E-state index contributed by atoms with van der Waals surface area (Å²) >= 11 is 3.47. The first-order chi connectivity index (χ1) is 12.5. The van der Waals surface area contributed by atoms with Gasteiger partial charge >= 0.3 is 0 Å². The van der Waals surface area contributed by atoms with Crippen LogP contribution in [0.2, 0.25) is 0 Å². The largest absolute Gasteiger partial charge is 0.488 e. The molecule has 0 saturated carbocycles. The standard InChI is InChI=1S/C22H19BrFNO/c1-15-7-9-20(11-16(15)2)25-13-18-12-19(23)8-10-22(18)26-14-17-5-3-4-6-21(17)24/h3-13H,14H2,1-2H3. The molecule has 0 aliphatic rings. The number of aliphatic imine (C=N–C) groups is 1. The number of rotatable bonds is 5. The number of ether oxygens (including phenoxy) is 1. The van der Waals surface area contributed by atoms with E-state index in [4.69, 9.17) is 4.74 Å². The van der Waals surface area contributed by atoms with Crippen LogP contribution < -0.4 is 4.74 Å². The molecule has 0 bridgehead atoms.